The number of piperazine rings is 1. The van der Waals surface area contributed by atoms with Gasteiger partial charge in [0.05, 0.1) is 0 Å². The van der Waals surface area contributed by atoms with Crippen LogP contribution in [-0.2, 0) is 10.1 Å². The molecule has 0 aliphatic carbocycles. The van der Waals surface area contributed by atoms with Crippen LogP contribution in [-0.4, -0.2) is 51.5 Å². The molecule has 23 heavy (non-hydrogen) atoms. The number of hydrogen-bond acceptors (Lipinski definition) is 5. The van der Waals surface area contributed by atoms with Crippen LogP contribution < -0.4 is 9.08 Å². The van der Waals surface area contributed by atoms with Gasteiger partial charge in [-0.3, -0.25) is 0 Å². The minimum atomic E-state index is -5.66. The molecule has 5 nitrogen and oxygen atoms in total. The number of benzene rings is 1. The molecule has 0 N–H and O–H groups in total. The number of alkyl halides is 3. The molecular weight excluding hydrogens is 333 g/mol. The van der Waals surface area contributed by atoms with E-state index in [2.05, 4.69) is 16.0 Å². The Kier molecular flexibility index (Phi) is 5.10. The molecule has 130 valence electrons. The van der Waals surface area contributed by atoms with Gasteiger partial charge in [0.2, 0.25) is 0 Å². The zero-order valence-electron chi connectivity index (χ0n) is 12.9. The third kappa shape index (κ3) is 3.89. The lowest BCUT2D eigenvalue weighted by atomic mass is 10.1. The maximum atomic E-state index is 12.5. The van der Waals surface area contributed by atoms with Gasteiger partial charge in [0.15, 0.2) is 0 Å². The second kappa shape index (κ2) is 6.56. The van der Waals surface area contributed by atoms with Crippen LogP contribution in [0.5, 0.6) is 5.75 Å². The molecule has 0 spiro atoms. The first-order valence-corrected chi connectivity index (χ1v) is 8.64. The predicted octanol–water partition coefficient (Wildman–Crippen LogP) is 2.37. The van der Waals surface area contributed by atoms with Gasteiger partial charge in [-0.2, -0.15) is 21.6 Å². The fraction of sp³-hybridized carbons (Fsp3) is 0.571. The first-order valence-electron chi connectivity index (χ1n) is 7.23. The molecule has 0 saturated carbocycles. The molecule has 1 aromatic rings. The van der Waals surface area contributed by atoms with Gasteiger partial charge in [-0.25, -0.2) is 0 Å². The van der Waals surface area contributed by atoms with Crippen LogP contribution in [0.1, 0.15) is 12.5 Å². The number of anilines is 1. The lowest BCUT2D eigenvalue weighted by molar-refractivity contribution is -0.0500. The van der Waals surface area contributed by atoms with Crippen molar-refractivity contribution >= 4 is 15.8 Å². The fourth-order valence-corrected chi connectivity index (χ4v) is 3.02. The Morgan fingerprint density at radius 2 is 1.78 bits per heavy atom. The smallest absolute Gasteiger partial charge is 0.376 e. The Morgan fingerprint density at radius 3 is 2.30 bits per heavy atom. The fourth-order valence-electron chi connectivity index (χ4n) is 2.51. The highest BCUT2D eigenvalue weighted by molar-refractivity contribution is 7.88. The van der Waals surface area contributed by atoms with Crippen molar-refractivity contribution < 1.29 is 25.8 Å². The van der Waals surface area contributed by atoms with E-state index in [1.165, 1.54) is 12.1 Å². The third-order valence-corrected chi connectivity index (χ3v) is 4.86. The summed E-state index contributed by atoms with van der Waals surface area (Å²) in [4.78, 5) is 4.29. The van der Waals surface area contributed by atoms with E-state index in [0.717, 1.165) is 32.7 Å². The molecule has 1 heterocycles. The van der Waals surface area contributed by atoms with Crippen molar-refractivity contribution in [3.63, 3.8) is 0 Å². The van der Waals surface area contributed by atoms with Crippen molar-refractivity contribution in [1.29, 1.82) is 0 Å². The topological polar surface area (TPSA) is 49.9 Å². The Bertz CT molecular complexity index is 654. The molecule has 2 rings (SSSR count). The lowest BCUT2D eigenvalue weighted by Gasteiger charge is -2.36. The van der Waals surface area contributed by atoms with Gasteiger partial charge < -0.3 is 14.0 Å². The summed E-state index contributed by atoms with van der Waals surface area (Å²) in [6.07, 6.45) is 0. The second-order valence-electron chi connectivity index (χ2n) is 5.30. The van der Waals surface area contributed by atoms with Crippen LogP contribution in [0.15, 0.2) is 18.2 Å². The van der Waals surface area contributed by atoms with E-state index in [0.29, 0.717) is 11.3 Å². The minimum Gasteiger partial charge on any atom is -0.376 e. The Labute approximate surface area is 133 Å². The van der Waals surface area contributed by atoms with Crippen LogP contribution >= 0.6 is 0 Å². The van der Waals surface area contributed by atoms with Gasteiger partial charge in [-0.05, 0) is 25.6 Å². The zero-order valence-corrected chi connectivity index (χ0v) is 13.7. The summed E-state index contributed by atoms with van der Waals surface area (Å²) in [5.74, 6) is -0.294. The predicted molar refractivity (Wildman–Crippen MR) is 81.1 cm³/mol. The molecule has 9 heteroatoms. The molecule has 1 aliphatic heterocycles. The molecule has 1 saturated heterocycles. The van der Waals surface area contributed by atoms with E-state index in [9.17, 15) is 21.6 Å². The molecule has 1 aliphatic rings. The number of halogens is 3. The van der Waals surface area contributed by atoms with Crippen LogP contribution in [0, 0.1) is 6.92 Å². The van der Waals surface area contributed by atoms with Crippen LogP contribution in [0.25, 0.3) is 0 Å². The largest absolute Gasteiger partial charge is 0.534 e. The van der Waals surface area contributed by atoms with E-state index in [4.69, 9.17) is 0 Å². The summed E-state index contributed by atoms with van der Waals surface area (Å²) in [6.45, 7) is 7.72. The van der Waals surface area contributed by atoms with Gasteiger partial charge >= 0.3 is 15.6 Å². The van der Waals surface area contributed by atoms with E-state index < -0.39 is 15.6 Å². The zero-order chi connectivity index (χ0) is 17.3. The first-order chi connectivity index (χ1) is 10.7. The van der Waals surface area contributed by atoms with Gasteiger partial charge in [-0.1, -0.05) is 13.0 Å². The van der Waals surface area contributed by atoms with E-state index in [-0.39, 0.29) is 5.75 Å². The molecular formula is C14H19F3N2O3S. The standard InChI is InChI=1S/C14H19F3N2O3S/c1-3-18-7-9-19(10-8-18)12-5-4-6-13(11(12)2)22-23(20,21)14(15,16)17/h4-6H,3,7-10H2,1-2H3. The van der Waals surface area contributed by atoms with E-state index >= 15 is 0 Å². The van der Waals surface area contributed by atoms with Gasteiger partial charge in [-0.15, -0.1) is 0 Å². The molecule has 0 amide bonds. The Balaban J connectivity index is 2.23. The summed E-state index contributed by atoms with van der Waals surface area (Å²) in [5.41, 5.74) is -4.37. The van der Waals surface area contributed by atoms with Crippen molar-refractivity contribution in [3.8, 4) is 5.75 Å². The average molecular weight is 352 g/mol. The maximum Gasteiger partial charge on any atom is 0.534 e. The molecule has 0 atom stereocenters. The summed E-state index contributed by atoms with van der Waals surface area (Å²) in [5, 5.41) is 0. The monoisotopic (exact) mass is 352 g/mol. The highest BCUT2D eigenvalue weighted by atomic mass is 32.2. The molecule has 1 aromatic carbocycles. The van der Waals surface area contributed by atoms with E-state index in [1.807, 2.05) is 4.90 Å². The van der Waals surface area contributed by atoms with Gasteiger partial charge in [0.25, 0.3) is 0 Å². The lowest BCUT2D eigenvalue weighted by Crippen LogP contribution is -2.46. The third-order valence-electron chi connectivity index (χ3n) is 3.90. The summed E-state index contributed by atoms with van der Waals surface area (Å²) >= 11 is 0. The highest BCUT2D eigenvalue weighted by Crippen LogP contribution is 2.33. The van der Waals surface area contributed by atoms with Crippen molar-refractivity contribution in [1.82, 2.24) is 4.90 Å². The van der Waals surface area contributed by atoms with Crippen molar-refractivity contribution in [2.24, 2.45) is 0 Å². The Hall–Kier alpha value is -1.48. The van der Waals surface area contributed by atoms with Crippen molar-refractivity contribution in [3.05, 3.63) is 23.8 Å². The maximum absolute atomic E-state index is 12.5. The normalized spacial score (nSPS) is 17.3. The van der Waals surface area contributed by atoms with Crippen LogP contribution in [0.2, 0.25) is 0 Å². The van der Waals surface area contributed by atoms with Crippen molar-refractivity contribution in [2.75, 3.05) is 37.6 Å². The molecule has 1 fully saturated rings. The van der Waals surface area contributed by atoms with Crippen LogP contribution in [0.4, 0.5) is 18.9 Å². The quantitative estimate of drug-likeness (QED) is 0.615. The summed E-state index contributed by atoms with van der Waals surface area (Å²) in [6, 6.07) is 4.48. The Morgan fingerprint density at radius 1 is 1.17 bits per heavy atom. The molecule has 0 bridgehead atoms. The van der Waals surface area contributed by atoms with Gasteiger partial charge in [0.1, 0.15) is 5.75 Å². The molecule has 0 unspecified atom stereocenters. The SMILES string of the molecule is CCN1CCN(c2cccc(OS(=O)(=O)C(F)(F)F)c2C)CC1. The summed E-state index contributed by atoms with van der Waals surface area (Å²) in [7, 11) is -5.66. The average Bonchev–Trinajstić information content (AvgIpc) is 2.48. The number of rotatable bonds is 4. The number of nitrogens with zero attached hydrogens (tertiary/aromatic N) is 2. The van der Waals surface area contributed by atoms with E-state index in [1.54, 1.807) is 13.0 Å². The first kappa shape index (κ1) is 17.9. The van der Waals surface area contributed by atoms with Gasteiger partial charge in [0, 0.05) is 37.4 Å². The summed E-state index contributed by atoms with van der Waals surface area (Å²) < 4.78 is 64.0. The number of likely N-dealkylation sites (N-methyl/N-ethyl adjacent to an activating group) is 1. The molecule has 0 aromatic heterocycles. The highest BCUT2D eigenvalue weighted by Gasteiger charge is 2.48. The second-order valence-corrected chi connectivity index (χ2v) is 6.84. The molecule has 0 radical (unpaired) electrons. The van der Waals surface area contributed by atoms with Crippen molar-refractivity contribution in [2.45, 2.75) is 19.4 Å². The minimum absolute atomic E-state index is 0.294. The van der Waals surface area contributed by atoms with Crippen LogP contribution in [0.3, 0.4) is 0 Å². The number of hydrogen-bond donors (Lipinski definition) is 0.